The Balaban J connectivity index is 1.25. The van der Waals surface area contributed by atoms with Crippen molar-refractivity contribution in [3.05, 3.63) is 63.3 Å². The van der Waals surface area contributed by atoms with Gasteiger partial charge in [0.05, 0.1) is 21.2 Å². The lowest BCUT2D eigenvalue weighted by Crippen LogP contribution is -2.44. The molecule has 1 aliphatic carbocycles. The first-order chi connectivity index (χ1) is 15.8. The van der Waals surface area contributed by atoms with Gasteiger partial charge in [-0.2, -0.15) is 4.31 Å². The minimum Gasteiger partial charge on any atom is -0.349 e. The van der Waals surface area contributed by atoms with E-state index in [9.17, 15) is 18.0 Å². The fraction of sp³-hybridized carbons (Fsp3) is 0.417. The van der Waals surface area contributed by atoms with Crippen molar-refractivity contribution in [1.82, 2.24) is 14.2 Å². The smallest absolute Gasteiger partial charge is 0.307 e. The number of sulfonamides is 1. The van der Waals surface area contributed by atoms with Crippen LogP contribution in [0.15, 0.2) is 52.2 Å². The van der Waals surface area contributed by atoms with Gasteiger partial charge < -0.3 is 9.88 Å². The number of rotatable bonds is 4. The molecule has 3 aromatic rings. The minimum absolute atomic E-state index is 0.0178. The van der Waals surface area contributed by atoms with Gasteiger partial charge >= 0.3 is 4.87 Å². The number of amides is 1. The highest BCUT2D eigenvalue weighted by molar-refractivity contribution is 7.89. The third kappa shape index (κ3) is 4.13. The molecule has 33 heavy (non-hydrogen) atoms. The molecule has 9 heteroatoms. The molecule has 1 N–H and O–H groups in total. The molecule has 2 aromatic carbocycles. The van der Waals surface area contributed by atoms with Crippen LogP contribution < -0.4 is 10.2 Å². The Morgan fingerprint density at radius 1 is 1.09 bits per heavy atom. The van der Waals surface area contributed by atoms with E-state index in [0.29, 0.717) is 30.6 Å². The van der Waals surface area contributed by atoms with Gasteiger partial charge in [-0.3, -0.25) is 9.59 Å². The fourth-order valence-electron chi connectivity index (χ4n) is 4.98. The number of nitrogens with one attached hydrogen (secondary N) is 1. The molecule has 0 bridgehead atoms. The Labute approximate surface area is 197 Å². The summed E-state index contributed by atoms with van der Waals surface area (Å²) in [6.45, 7) is 0.621. The van der Waals surface area contributed by atoms with Crippen LogP contribution >= 0.6 is 11.3 Å². The summed E-state index contributed by atoms with van der Waals surface area (Å²) in [5.74, 6) is -0.170. The van der Waals surface area contributed by atoms with Crippen LogP contribution in [0.5, 0.6) is 0 Å². The van der Waals surface area contributed by atoms with E-state index in [4.69, 9.17) is 0 Å². The van der Waals surface area contributed by atoms with Crippen molar-refractivity contribution >= 4 is 37.5 Å². The number of piperidine rings is 1. The number of hydrogen-bond acceptors (Lipinski definition) is 5. The summed E-state index contributed by atoms with van der Waals surface area (Å²) < 4.78 is 30.0. The zero-order valence-corrected chi connectivity index (χ0v) is 20.1. The Hall–Kier alpha value is -2.49. The van der Waals surface area contributed by atoms with Crippen molar-refractivity contribution in [1.29, 1.82) is 0 Å². The fourth-order valence-corrected chi connectivity index (χ4v) is 7.47. The molecule has 5 rings (SSSR count). The number of carbonyl (C=O) groups is 1. The largest absolute Gasteiger partial charge is 0.349 e. The monoisotopic (exact) mass is 485 g/mol. The van der Waals surface area contributed by atoms with Gasteiger partial charge in [0.1, 0.15) is 0 Å². The van der Waals surface area contributed by atoms with E-state index in [1.54, 1.807) is 25.2 Å². The van der Waals surface area contributed by atoms with E-state index < -0.39 is 10.0 Å². The van der Waals surface area contributed by atoms with E-state index in [1.165, 1.54) is 20.0 Å². The number of aryl methyl sites for hydroxylation is 2. The number of carbonyl (C=O) groups excluding carboxylic acids is 1. The summed E-state index contributed by atoms with van der Waals surface area (Å²) in [7, 11) is -2.00. The highest BCUT2D eigenvalue weighted by Crippen LogP contribution is 2.31. The molecule has 0 spiro atoms. The van der Waals surface area contributed by atoms with E-state index >= 15 is 0 Å². The Kier molecular flexibility index (Phi) is 5.88. The number of fused-ring (bicyclic) bond motifs is 2. The molecule has 2 aliphatic rings. The Morgan fingerprint density at radius 2 is 1.85 bits per heavy atom. The van der Waals surface area contributed by atoms with Crippen molar-refractivity contribution in [2.75, 3.05) is 13.1 Å². The molecule has 1 aliphatic heterocycles. The summed E-state index contributed by atoms with van der Waals surface area (Å²) in [6.07, 6.45) is 4.04. The highest BCUT2D eigenvalue weighted by atomic mass is 32.2. The number of benzene rings is 2. The summed E-state index contributed by atoms with van der Waals surface area (Å²) in [5, 5.41) is 3.22. The lowest BCUT2D eigenvalue weighted by atomic mass is 9.87. The minimum atomic E-state index is -3.68. The van der Waals surface area contributed by atoms with E-state index in [2.05, 4.69) is 17.4 Å². The SMILES string of the molecule is Cn1c(=O)sc2cc(S(=O)(=O)N3CCC(C(=O)N[C@@H]4CCCc5ccccc54)CC3)ccc21. The quantitative estimate of drug-likeness (QED) is 0.615. The number of thiazole rings is 1. The van der Waals surface area contributed by atoms with Crippen molar-refractivity contribution in [3.63, 3.8) is 0 Å². The molecule has 174 valence electrons. The first-order valence-corrected chi connectivity index (χ1v) is 13.6. The van der Waals surface area contributed by atoms with Crippen LogP contribution in [0.2, 0.25) is 0 Å². The van der Waals surface area contributed by atoms with Crippen LogP contribution in [0.3, 0.4) is 0 Å². The maximum atomic E-state index is 13.2. The summed E-state index contributed by atoms with van der Waals surface area (Å²) >= 11 is 1.04. The zero-order valence-electron chi connectivity index (χ0n) is 18.5. The first kappa shape index (κ1) is 22.3. The normalized spacial score (nSPS) is 20.0. The van der Waals surface area contributed by atoms with Crippen LogP contribution in [-0.2, 0) is 28.3 Å². The predicted molar refractivity (Wildman–Crippen MR) is 129 cm³/mol. The van der Waals surface area contributed by atoms with E-state index in [-0.39, 0.29) is 27.6 Å². The molecule has 0 saturated carbocycles. The Morgan fingerprint density at radius 3 is 2.64 bits per heavy atom. The van der Waals surface area contributed by atoms with Crippen molar-refractivity contribution in [2.45, 2.75) is 43.0 Å². The second kappa shape index (κ2) is 8.70. The summed E-state index contributed by atoms with van der Waals surface area (Å²) in [4.78, 5) is 24.9. The second-order valence-corrected chi connectivity index (χ2v) is 11.8. The molecule has 1 saturated heterocycles. The van der Waals surface area contributed by atoms with Crippen LogP contribution in [0.4, 0.5) is 0 Å². The first-order valence-electron chi connectivity index (χ1n) is 11.3. The molecule has 2 heterocycles. The lowest BCUT2D eigenvalue weighted by molar-refractivity contribution is -0.127. The maximum Gasteiger partial charge on any atom is 0.307 e. The van der Waals surface area contributed by atoms with Gasteiger partial charge in [-0.25, -0.2) is 8.42 Å². The molecular weight excluding hydrogens is 458 g/mol. The standard InChI is InChI=1S/C24H27N3O4S2/c1-26-21-10-9-18(15-22(21)32-24(26)29)33(30,31)27-13-11-17(12-14-27)23(28)25-20-8-4-6-16-5-2-3-7-19(16)20/h2-3,5,7,9-10,15,17,20H,4,6,8,11-14H2,1H3,(H,25,28)/t20-/m1/s1. The van der Waals surface area contributed by atoms with Crippen molar-refractivity contribution in [3.8, 4) is 0 Å². The van der Waals surface area contributed by atoms with Crippen LogP contribution in [0, 0.1) is 5.92 Å². The molecular formula is C24H27N3O4S2. The summed E-state index contributed by atoms with van der Waals surface area (Å²) in [6, 6.07) is 13.1. The molecule has 0 radical (unpaired) electrons. The van der Waals surface area contributed by atoms with Gasteiger partial charge in [-0.1, -0.05) is 35.6 Å². The van der Waals surface area contributed by atoms with Crippen LogP contribution in [-0.4, -0.2) is 36.3 Å². The lowest BCUT2D eigenvalue weighted by Gasteiger charge is -2.32. The highest BCUT2D eigenvalue weighted by Gasteiger charge is 2.33. The third-order valence-corrected chi connectivity index (χ3v) is 9.80. The predicted octanol–water partition coefficient (Wildman–Crippen LogP) is 3.19. The van der Waals surface area contributed by atoms with Crippen LogP contribution in [0.25, 0.3) is 10.2 Å². The van der Waals surface area contributed by atoms with Gasteiger partial charge in [0.2, 0.25) is 15.9 Å². The van der Waals surface area contributed by atoms with Gasteiger partial charge in [0, 0.05) is 26.1 Å². The molecule has 0 unspecified atom stereocenters. The second-order valence-electron chi connectivity index (χ2n) is 8.89. The van der Waals surface area contributed by atoms with Gasteiger partial charge in [0.15, 0.2) is 0 Å². The van der Waals surface area contributed by atoms with E-state index in [0.717, 1.165) is 36.1 Å². The molecule has 7 nitrogen and oxygen atoms in total. The number of aromatic nitrogens is 1. The average molecular weight is 486 g/mol. The number of nitrogens with zero attached hydrogens (tertiary/aromatic N) is 2. The molecule has 1 aromatic heterocycles. The average Bonchev–Trinajstić information content (AvgIpc) is 3.12. The van der Waals surface area contributed by atoms with E-state index in [1.807, 2.05) is 12.1 Å². The molecule has 1 amide bonds. The van der Waals surface area contributed by atoms with Crippen molar-refractivity contribution in [2.24, 2.45) is 13.0 Å². The maximum absolute atomic E-state index is 13.2. The topological polar surface area (TPSA) is 88.5 Å². The molecule has 1 fully saturated rings. The zero-order chi connectivity index (χ0) is 23.2. The molecule has 1 atom stereocenters. The van der Waals surface area contributed by atoms with Crippen molar-refractivity contribution < 1.29 is 13.2 Å². The van der Waals surface area contributed by atoms with Gasteiger partial charge in [0.25, 0.3) is 0 Å². The van der Waals surface area contributed by atoms with Crippen LogP contribution in [0.1, 0.15) is 42.9 Å². The number of hydrogen-bond donors (Lipinski definition) is 1. The van der Waals surface area contributed by atoms with Gasteiger partial charge in [-0.05, 0) is 61.4 Å². The summed E-state index contributed by atoms with van der Waals surface area (Å²) in [5.41, 5.74) is 3.23. The third-order valence-electron chi connectivity index (χ3n) is 6.91. The van der Waals surface area contributed by atoms with Gasteiger partial charge in [-0.15, -0.1) is 0 Å². The Bertz CT molecular complexity index is 1370.